The summed E-state index contributed by atoms with van der Waals surface area (Å²) >= 11 is 0. The van der Waals surface area contributed by atoms with E-state index < -0.39 is 10.0 Å². The smallest absolute Gasteiger partial charge is 0.215 e. The molecule has 0 radical (unpaired) electrons. The molecule has 0 aromatic heterocycles. The Kier molecular flexibility index (Phi) is 6.95. The van der Waals surface area contributed by atoms with E-state index in [0.29, 0.717) is 24.4 Å². The van der Waals surface area contributed by atoms with Gasteiger partial charge in [-0.2, -0.15) is 0 Å². The first-order valence-corrected chi connectivity index (χ1v) is 9.53. The molecule has 1 aliphatic rings. The standard InChI is InChI=1S/C15H32N2O2S/c1-11(2)14-8-6-7-9-15(14)17-20(18,19)13(5)10-16-12(3)4/h11-17H,6-10H2,1-5H3. The first-order valence-electron chi connectivity index (χ1n) is 7.98. The van der Waals surface area contributed by atoms with Crippen LogP contribution in [0.5, 0.6) is 0 Å². The minimum Gasteiger partial charge on any atom is -0.313 e. The van der Waals surface area contributed by atoms with E-state index in [-0.39, 0.29) is 11.3 Å². The maximum absolute atomic E-state index is 12.4. The lowest BCUT2D eigenvalue weighted by Gasteiger charge is -2.35. The lowest BCUT2D eigenvalue weighted by Crippen LogP contribution is -2.49. The largest absolute Gasteiger partial charge is 0.313 e. The summed E-state index contributed by atoms with van der Waals surface area (Å²) in [5, 5.41) is 2.81. The molecule has 1 rings (SSSR count). The van der Waals surface area contributed by atoms with Crippen molar-refractivity contribution >= 4 is 10.0 Å². The minimum absolute atomic E-state index is 0.121. The topological polar surface area (TPSA) is 58.2 Å². The average molecular weight is 304 g/mol. The Balaban J connectivity index is 2.63. The van der Waals surface area contributed by atoms with Crippen LogP contribution in [0.1, 0.15) is 60.3 Å². The lowest BCUT2D eigenvalue weighted by atomic mass is 9.78. The highest BCUT2D eigenvalue weighted by atomic mass is 32.2. The van der Waals surface area contributed by atoms with Crippen LogP contribution in [-0.2, 0) is 10.0 Å². The van der Waals surface area contributed by atoms with Crippen molar-refractivity contribution in [1.82, 2.24) is 10.0 Å². The summed E-state index contributed by atoms with van der Waals surface area (Å²) in [7, 11) is -3.23. The summed E-state index contributed by atoms with van der Waals surface area (Å²) in [4.78, 5) is 0. The van der Waals surface area contributed by atoms with Crippen molar-refractivity contribution in [3.05, 3.63) is 0 Å². The molecule has 0 aromatic rings. The molecule has 4 nitrogen and oxygen atoms in total. The number of hydrogen-bond acceptors (Lipinski definition) is 3. The molecule has 2 N–H and O–H groups in total. The van der Waals surface area contributed by atoms with E-state index in [1.165, 1.54) is 6.42 Å². The number of hydrogen-bond donors (Lipinski definition) is 2. The van der Waals surface area contributed by atoms with Gasteiger partial charge < -0.3 is 5.32 Å². The second-order valence-electron chi connectivity index (χ2n) is 6.84. The normalized spacial score (nSPS) is 26.1. The van der Waals surface area contributed by atoms with Gasteiger partial charge in [0.05, 0.1) is 5.25 Å². The van der Waals surface area contributed by atoms with Crippen molar-refractivity contribution < 1.29 is 8.42 Å². The zero-order valence-electron chi connectivity index (χ0n) is 13.6. The highest BCUT2D eigenvalue weighted by molar-refractivity contribution is 7.90. The van der Waals surface area contributed by atoms with E-state index in [4.69, 9.17) is 0 Å². The highest BCUT2D eigenvalue weighted by Crippen LogP contribution is 2.30. The summed E-state index contributed by atoms with van der Waals surface area (Å²) in [6, 6.07) is 0.431. The third-order valence-corrected chi connectivity index (χ3v) is 6.19. The van der Waals surface area contributed by atoms with Crippen LogP contribution in [-0.4, -0.2) is 32.3 Å². The molecule has 120 valence electrons. The van der Waals surface area contributed by atoms with E-state index in [2.05, 4.69) is 23.9 Å². The summed E-state index contributed by atoms with van der Waals surface area (Å²) in [5.41, 5.74) is 0. The number of nitrogens with one attached hydrogen (secondary N) is 2. The fourth-order valence-corrected chi connectivity index (χ4v) is 4.20. The summed E-state index contributed by atoms with van der Waals surface area (Å²) in [6.45, 7) is 10.7. The van der Waals surface area contributed by atoms with Gasteiger partial charge in [0.15, 0.2) is 0 Å². The Hall–Kier alpha value is -0.130. The van der Waals surface area contributed by atoms with Gasteiger partial charge in [0.2, 0.25) is 10.0 Å². The van der Waals surface area contributed by atoms with Crippen LogP contribution in [0.25, 0.3) is 0 Å². The highest BCUT2D eigenvalue weighted by Gasteiger charge is 2.32. The predicted octanol–water partition coefficient (Wildman–Crippen LogP) is 2.51. The molecule has 0 heterocycles. The third-order valence-electron chi connectivity index (χ3n) is 4.33. The molecular formula is C15H32N2O2S. The van der Waals surface area contributed by atoms with Gasteiger partial charge >= 0.3 is 0 Å². The Morgan fingerprint density at radius 2 is 1.65 bits per heavy atom. The van der Waals surface area contributed by atoms with Crippen LogP contribution in [0.2, 0.25) is 0 Å². The van der Waals surface area contributed by atoms with Gasteiger partial charge in [-0.1, -0.05) is 40.5 Å². The van der Waals surface area contributed by atoms with Crippen molar-refractivity contribution in [2.75, 3.05) is 6.54 Å². The van der Waals surface area contributed by atoms with Crippen molar-refractivity contribution in [3.63, 3.8) is 0 Å². The van der Waals surface area contributed by atoms with Gasteiger partial charge in [-0.15, -0.1) is 0 Å². The van der Waals surface area contributed by atoms with Gasteiger partial charge in [0.25, 0.3) is 0 Å². The molecular weight excluding hydrogens is 272 g/mol. The Bertz CT molecular complexity index is 379. The van der Waals surface area contributed by atoms with Crippen molar-refractivity contribution in [3.8, 4) is 0 Å². The van der Waals surface area contributed by atoms with E-state index >= 15 is 0 Å². The second kappa shape index (κ2) is 7.76. The van der Waals surface area contributed by atoms with Crippen LogP contribution in [0.4, 0.5) is 0 Å². The molecule has 0 saturated heterocycles. The van der Waals surface area contributed by atoms with Crippen LogP contribution >= 0.6 is 0 Å². The molecule has 0 aromatic carbocycles. The minimum atomic E-state index is -3.23. The number of rotatable bonds is 7. The SMILES string of the molecule is CC(C)NCC(C)S(=O)(=O)NC1CCCCC1C(C)C. The fourth-order valence-electron chi connectivity index (χ4n) is 2.94. The average Bonchev–Trinajstić information content (AvgIpc) is 2.35. The van der Waals surface area contributed by atoms with Crippen LogP contribution in [0.3, 0.4) is 0 Å². The van der Waals surface area contributed by atoms with Gasteiger partial charge in [-0.3, -0.25) is 0 Å². The summed E-state index contributed by atoms with van der Waals surface area (Å²) < 4.78 is 27.8. The Labute approximate surface area is 125 Å². The monoisotopic (exact) mass is 304 g/mol. The van der Waals surface area contributed by atoms with Gasteiger partial charge in [-0.25, -0.2) is 13.1 Å². The van der Waals surface area contributed by atoms with E-state index in [1.807, 2.05) is 13.8 Å². The predicted molar refractivity (Wildman–Crippen MR) is 85.2 cm³/mol. The molecule has 0 spiro atoms. The van der Waals surface area contributed by atoms with E-state index in [0.717, 1.165) is 19.3 Å². The number of sulfonamides is 1. The molecule has 20 heavy (non-hydrogen) atoms. The van der Waals surface area contributed by atoms with Gasteiger partial charge in [0.1, 0.15) is 0 Å². The third kappa shape index (κ3) is 5.34. The van der Waals surface area contributed by atoms with Crippen LogP contribution < -0.4 is 10.0 Å². The summed E-state index contributed by atoms with van der Waals surface area (Å²) in [5.74, 6) is 1.01. The molecule has 1 saturated carbocycles. The Morgan fingerprint density at radius 1 is 1.05 bits per heavy atom. The molecule has 0 amide bonds. The van der Waals surface area contributed by atoms with Crippen molar-refractivity contribution in [2.24, 2.45) is 11.8 Å². The first kappa shape index (κ1) is 17.9. The van der Waals surface area contributed by atoms with E-state index in [1.54, 1.807) is 6.92 Å². The van der Waals surface area contributed by atoms with Crippen LogP contribution in [0.15, 0.2) is 0 Å². The molecule has 1 fully saturated rings. The Morgan fingerprint density at radius 3 is 2.20 bits per heavy atom. The second-order valence-corrected chi connectivity index (χ2v) is 8.97. The van der Waals surface area contributed by atoms with Gasteiger partial charge in [0, 0.05) is 18.6 Å². The lowest BCUT2D eigenvalue weighted by molar-refractivity contribution is 0.226. The molecule has 5 heteroatoms. The van der Waals surface area contributed by atoms with Crippen molar-refractivity contribution in [1.29, 1.82) is 0 Å². The zero-order chi connectivity index (χ0) is 15.3. The molecule has 3 unspecified atom stereocenters. The fraction of sp³-hybridized carbons (Fsp3) is 1.00. The molecule has 0 aliphatic heterocycles. The van der Waals surface area contributed by atoms with Gasteiger partial charge in [-0.05, 0) is 31.6 Å². The zero-order valence-corrected chi connectivity index (χ0v) is 14.5. The first-order chi connectivity index (χ1) is 9.24. The van der Waals surface area contributed by atoms with Crippen LogP contribution in [0, 0.1) is 11.8 Å². The molecule has 1 aliphatic carbocycles. The maximum Gasteiger partial charge on any atom is 0.215 e. The quantitative estimate of drug-likeness (QED) is 0.760. The molecule has 0 bridgehead atoms. The van der Waals surface area contributed by atoms with E-state index in [9.17, 15) is 8.42 Å². The maximum atomic E-state index is 12.4. The van der Waals surface area contributed by atoms with Crippen molar-refractivity contribution in [2.45, 2.75) is 77.6 Å². The summed E-state index contributed by atoms with van der Waals surface area (Å²) in [6.07, 6.45) is 4.48. The molecule has 3 atom stereocenters.